The molecule has 0 radical (unpaired) electrons. The van der Waals surface area contributed by atoms with Crippen LogP contribution in [0, 0.1) is 5.82 Å². The van der Waals surface area contributed by atoms with Gasteiger partial charge in [0.1, 0.15) is 5.82 Å². The lowest BCUT2D eigenvalue weighted by atomic mass is 9.90. The minimum absolute atomic E-state index is 0.107. The van der Waals surface area contributed by atoms with Gasteiger partial charge in [-0.15, -0.1) is 0 Å². The van der Waals surface area contributed by atoms with Gasteiger partial charge in [-0.3, -0.25) is 4.90 Å². The summed E-state index contributed by atoms with van der Waals surface area (Å²) in [7, 11) is 0. The van der Waals surface area contributed by atoms with Crippen molar-refractivity contribution in [2.75, 3.05) is 31.1 Å². The molecule has 2 aliphatic rings. The normalized spacial score (nSPS) is 28.6. The van der Waals surface area contributed by atoms with E-state index in [9.17, 15) is 4.39 Å². The predicted octanol–water partition coefficient (Wildman–Crippen LogP) is 2.22. The van der Waals surface area contributed by atoms with Crippen molar-refractivity contribution in [1.29, 1.82) is 0 Å². The summed E-state index contributed by atoms with van der Waals surface area (Å²) in [6.07, 6.45) is 4.75. The van der Waals surface area contributed by atoms with E-state index in [0.29, 0.717) is 12.1 Å². The van der Waals surface area contributed by atoms with Gasteiger partial charge in [-0.2, -0.15) is 0 Å². The van der Waals surface area contributed by atoms with E-state index >= 15 is 0 Å². The number of para-hydroxylation sites is 1. The largest absolute Gasteiger partial charge is 0.367 e. The SMILES string of the molecule is NC1CCC(N2CCN(c3ccccc3F)CC2)CC1. The summed E-state index contributed by atoms with van der Waals surface area (Å²) < 4.78 is 13.8. The van der Waals surface area contributed by atoms with E-state index < -0.39 is 0 Å². The maximum Gasteiger partial charge on any atom is 0.146 e. The number of anilines is 1. The fourth-order valence-electron chi connectivity index (χ4n) is 3.50. The van der Waals surface area contributed by atoms with Gasteiger partial charge in [-0.05, 0) is 37.8 Å². The van der Waals surface area contributed by atoms with Gasteiger partial charge < -0.3 is 10.6 Å². The minimum atomic E-state index is -0.107. The van der Waals surface area contributed by atoms with Crippen LogP contribution in [0.1, 0.15) is 25.7 Å². The summed E-state index contributed by atoms with van der Waals surface area (Å²) in [4.78, 5) is 4.74. The zero-order valence-corrected chi connectivity index (χ0v) is 12.0. The second kappa shape index (κ2) is 6.10. The molecule has 0 amide bonds. The van der Waals surface area contributed by atoms with Gasteiger partial charge in [0.05, 0.1) is 5.69 Å². The first kappa shape index (κ1) is 13.8. The Balaban J connectivity index is 1.56. The van der Waals surface area contributed by atoms with Crippen LogP contribution in [0.5, 0.6) is 0 Å². The van der Waals surface area contributed by atoms with Gasteiger partial charge in [0.15, 0.2) is 0 Å². The molecule has 1 aliphatic heterocycles. The second-order valence-corrected chi connectivity index (χ2v) is 6.04. The first-order valence-electron chi connectivity index (χ1n) is 7.73. The van der Waals surface area contributed by atoms with Crippen LogP contribution in [-0.4, -0.2) is 43.2 Å². The third kappa shape index (κ3) is 2.96. The Morgan fingerprint density at radius 2 is 1.60 bits per heavy atom. The quantitative estimate of drug-likeness (QED) is 0.899. The molecule has 1 aromatic rings. The van der Waals surface area contributed by atoms with Gasteiger partial charge >= 0.3 is 0 Å². The van der Waals surface area contributed by atoms with Crippen molar-refractivity contribution in [3.05, 3.63) is 30.1 Å². The summed E-state index contributed by atoms with van der Waals surface area (Å²) >= 11 is 0. The first-order chi connectivity index (χ1) is 9.74. The Morgan fingerprint density at radius 1 is 0.950 bits per heavy atom. The number of halogens is 1. The number of nitrogens with zero attached hydrogens (tertiary/aromatic N) is 2. The van der Waals surface area contributed by atoms with E-state index in [1.165, 1.54) is 12.8 Å². The molecule has 3 nitrogen and oxygen atoms in total. The molecule has 20 heavy (non-hydrogen) atoms. The van der Waals surface area contributed by atoms with E-state index in [1.807, 2.05) is 12.1 Å². The lowest BCUT2D eigenvalue weighted by molar-refractivity contribution is 0.142. The maximum atomic E-state index is 13.8. The van der Waals surface area contributed by atoms with Crippen molar-refractivity contribution in [1.82, 2.24) is 4.90 Å². The number of rotatable bonds is 2. The van der Waals surface area contributed by atoms with Crippen LogP contribution in [0.25, 0.3) is 0 Å². The predicted molar refractivity (Wildman–Crippen MR) is 80.4 cm³/mol. The molecule has 2 fully saturated rings. The lowest BCUT2D eigenvalue weighted by Crippen LogP contribution is -2.52. The number of benzene rings is 1. The number of piperazine rings is 1. The molecule has 0 aromatic heterocycles. The third-order valence-corrected chi connectivity index (χ3v) is 4.77. The molecule has 1 aromatic carbocycles. The average molecular weight is 277 g/mol. The van der Waals surface area contributed by atoms with Crippen LogP contribution in [-0.2, 0) is 0 Å². The zero-order chi connectivity index (χ0) is 13.9. The highest BCUT2D eigenvalue weighted by Gasteiger charge is 2.27. The Bertz CT molecular complexity index is 435. The van der Waals surface area contributed by atoms with E-state index in [4.69, 9.17) is 5.73 Å². The van der Waals surface area contributed by atoms with Gasteiger partial charge in [0, 0.05) is 38.3 Å². The maximum absolute atomic E-state index is 13.8. The van der Waals surface area contributed by atoms with Crippen LogP contribution in [0.2, 0.25) is 0 Å². The van der Waals surface area contributed by atoms with Crippen molar-refractivity contribution < 1.29 is 4.39 Å². The van der Waals surface area contributed by atoms with E-state index in [1.54, 1.807) is 12.1 Å². The molecule has 1 heterocycles. The van der Waals surface area contributed by atoms with Gasteiger partial charge in [0.2, 0.25) is 0 Å². The molecule has 3 rings (SSSR count). The van der Waals surface area contributed by atoms with Gasteiger partial charge in [-0.25, -0.2) is 4.39 Å². The highest BCUT2D eigenvalue weighted by Crippen LogP contribution is 2.25. The highest BCUT2D eigenvalue weighted by molar-refractivity contribution is 5.48. The molecular weight excluding hydrogens is 253 g/mol. The topological polar surface area (TPSA) is 32.5 Å². The van der Waals surface area contributed by atoms with Crippen LogP contribution >= 0.6 is 0 Å². The summed E-state index contributed by atoms with van der Waals surface area (Å²) in [5.41, 5.74) is 6.72. The van der Waals surface area contributed by atoms with E-state index in [0.717, 1.165) is 44.7 Å². The molecule has 4 heteroatoms. The summed E-state index contributed by atoms with van der Waals surface area (Å²) in [6.45, 7) is 3.91. The minimum Gasteiger partial charge on any atom is -0.367 e. The molecule has 2 N–H and O–H groups in total. The third-order valence-electron chi connectivity index (χ3n) is 4.77. The Morgan fingerprint density at radius 3 is 2.25 bits per heavy atom. The van der Waals surface area contributed by atoms with E-state index in [-0.39, 0.29) is 5.82 Å². The van der Waals surface area contributed by atoms with Gasteiger partial charge in [0.25, 0.3) is 0 Å². The average Bonchev–Trinajstić information content (AvgIpc) is 2.49. The second-order valence-electron chi connectivity index (χ2n) is 6.04. The lowest BCUT2D eigenvalue weighted by Gasteiger charge is -2.42. The summed E-state index contributed by atoms with van der Waals surface area (Å²) in [5, 5.41) is 0. The zero-order valence-electron chi connectivity index (χ0n) is 12.0. The number of hydrogen-bond donors (Lipinski definition) is 1. The number of nitrogens with two attached hydrogens (primary N) is 1. The first-order valence-corrected chi connectivity index (χ1v) is 7.73. The molecule has 0 bridgehead atoms. The molecular formula is C16H24FN3. The van der Waals surface area contributed by atoms with E-state index in [2.05, 4.69) is 9.80 Å². The molecule has 110 valence electrons. The van der Waals surface area contributed by atoms with Crippen molar-refractivity contribution >= 4 is 5.69 Å². The molecule has 0 unspecified atom stereocenters. The van der Waals surface area contributed by atoms with Crippen LogP contribution in [0.15, 0.2) is 24.3 Å². The summed E-state index contributed by atoms with van der Waals surface area (Å²) in [5.74, 6) is -0.107. The smallest absolute Gasteiger partial charge is 0.146 e. The summed E-state index contributed by atoms with van der Waals surface area (Å²) in [6, 6.07) is 8.19. The standard InChI is InChI=1S/C16H24FN3/c17-15-3-1-2-4-16(15)20-11-9-19(10-12-20)14-7-5-13(18)6-8-14/h1-4,13-14H,5-12,18H2. The highest BCUT2D eigenvalue weighted by atomic mass is 19.1. The van der Waals surface area contributed by atoms with Crippen LogP contribution < -0.4 is 10.6 Å². The fourth-order valence-corrected chi connectivity index (χ4v) is 3.50. The van der Waals surface area contributed by atoms with Gasteiger partial charge in [-0.1, -0.05) is 12.1 Å². The van der Waals surface area contributed by atoms with Crippen molar-refractivity contribution in [2.45, 2.75) is 37.8 Å². The molecule has 1 aliphatic carbocycles. The monoisotopic (exact) mass is 277 g/mol. The fraction of sp³-hybridized carbons (Fsp3) is 0.625. The molecule has 1 saturated carbocycles. The van der Waals surface area contributed by atoms with Crippen LogP contribution in [0.4, 0.5) is 10.1 Å². The molecule has 1 saturated heterocycles. The number of hydrogen-bond acceptors (Lipinski definition) is 3. The Hall–Kier alpha value is -1.13. The molecule has 0 spiro atoms. The Kier molecular flexibility index (Phi) is 4.22. The van der Waals surface area contributed by atoms with Crippen molar-refractivity contribution in [3.8, 4) is 0 Å². The van der Waals surface area contributed by atoms with Crippen LogP contribution in [0.3, 0.4) is 0 Å². The van der Waals surface area contributed by atoms with Crippen molar-refractivity contribution in [3.63, 3.8) is 0 Å². The van der Waals surface area contributed by atoms with Crippen molar-refractivity contribution in [2.24, 2.45) is 5.73 Å². The molecule has 0 atom stereocenters. The Labute approximate surface area is 120 Å².